The number of aliphatic hydroxyl groups is 1. The number of benzene rings is 1. The lowest BCUT2D eigenvalue weighted by Crippen LogP contribution is -2.28. The van der Waals surface area contributed by atoms with E-state index in [9.17, 15) is 5.11 Å². The number of nitrogens with two attached hydrogens (primary N) is 1. The van der Waals surface area contributed by atoms with Gasteiger partial charge in [-0.15, -0.1) is 0 Å². The molecule has 1 aliphatic carbocycles. The highest BCUT2D eigenvalue weighted by Crippen LogP contribution is 2.26. The van der Waals surface area contributed by atoms with Gasteiger partial charge in [0.15, 0.2) is 11.5 Å². The molecule has 2 heterocycles. The van der Waals surface area contributed by atoms with E-state index < -0.39 is 0 Å². The fraction of sp³-hybridized carbons (Fsp3) is 0.368. The minimum Gasteiger partial charge on any atom is -0.393 e. The lowest BCUT2D eigenvalue weighted by atomic mass is 9.93. The van der Waals surface area contributed by atoms with Gasteiger partial charge in [0, 0.05) is 36.7 Å². The molecule has 0 radical (unpaired) electrons. The zero-order valence-corrected chi connectivity index (χ0v) is 14.1. The predicted octanol–water partition coefficient (Wildman–Crippen LogP) is 2.57. The molecular weight excluding hydrogens is 314 g/mol. The van der Waals surface area contributed by atoms with Crippen LogP contribution in [0, 0.1) is 0 Å². The Bertz CT molecular complexity index is 850. The minimum absolute atomic E-state index is 0.162. The van der Waals surface area contributed by atoms with Crippen LogP contribution in [0.3, 0.4) is 0 Å². The molecule has 1 saturated carbocycles. The van der Waals surface area contributed by atoms with Crippen molar-refractivity contribution in [3.05, 3.63) is 48.4 Å². The summed E-state index contributed by atoms with van der Waals surface area (Å²) in [5.74, 6) is 0.798. The third kappa shape index (κ3) is 3.36. The van der Waals surface area contributed by atoms with Crippen molar-refractivity contribution < 1.29 is 5.11 Å². The molecule has 2 aromatic heterocycles. The molecule has 3 aromatic rings. The van der Waals surface area contributed by atoms with Crippen LogP contribution < -0.4 is 11.1 Å². The van der Waals surface area contributed by atoms with Crippen LogP contribution in [0.1, 0.15) is 31.2 Å². The number of nitrogens with one attached hydrogen (secondary N) is 1. The maximum Gasteiger partial charge on any atom is 0.180 e. The summed E-state index contributed by atoms with van der Waals surface area (Å²) in [4.78, 5) is 9.26. The number of aromatic nitrogens is 3. The number of nitrogens with zero attached hydrogens (tertiary/aromatic N) is 3. The van der Waals surface area contributed by atoms with Crippen LogP contribution in [-0.2, 0) is 6.54 Å². The standard InChI is InChI=1S/C19H23N5O/c20-11-13-1-3-14(4-2-13)17-12-24-10-9-21-19(24)18(23-17)22-15-5-7-16(25)8-6-15/h1-4,9-10,12,15-16,25H,5-8,11,20H2,(H,22,23). The lowest BCUT2D eigenvalue weighted by Gasteiger charge is -2.26. The predicted molar refractivity (Wildman–Crippen MR) is 98.2 cm³/mol. The van der Waals surface area contributed by atoms with E-state index in [-0.39, 0.29) is 6.10 Å². The highest BCUT2D eigenvalue weighted by molar-refractivity contribution is 5.69. The largest absolute Gasteiger partial charge is 0.393 e. The van der Waals surface area contributed by atoms with E-state index >= 15 is 0 Å². The van der Waals surface area contributed by atoms with Gasteiger partial charge in [-0.3, -0.25) is 0 Å². The number of aliphatic hydroxyl groups excluding tert-OH is 1. The van der Waals surface area contributed by atoms with Crippen LogP contribution in [0.15, 0.2) is 42.9 Å². The van der Waals surface area contributed by atoms with Crippen molar-refractivity contribution in [2.75, 3.05) is 5.32 Å². The van der Waals surface area contributed by atoms with Crippen LogP contribution >= 0.6 is 0 Å². The first-order chi connectivity index (χ1) is 12.2. The van der Waals surface area contributed by atoms with Gasteiger partial charge in [0.25, 0.3) is 0 Å². The molecule has 0 saturated heterocycles. The Hall–Kier alpha value is -2.44. The molecule has 130 valence electrons. The quantitative estimate of drug-likeness (QED) is 0.681. The Kier molecular flexibility index (Phi) is 4.38. The fourth-order valence-electron chi connectivity index (χ4n) is 3.39. The summed E-state index contributed by atoms with van der Waals surface area (Å²) >= 11 is 0. The summed E-state index contributed by atoms with van der Waals surface area (Å²) in [5, 5.41) is 13.2. The monoisotopic (exact) mass is 337 g/mol. The summed E-state index contributed by atoms with van der Waals surface area (Å²) < 4.78 is 2.00. The van der Waals surface area contributed by atoms with Gasteiger partial charge in [-0.1, -0.05) is 24.3 Å². The highest BCUT2D eigenvalue weighted by atomic mass is 16.3. The van der Waals surface area contributed by atoms with Crippen LogP contribution in [0.4, 0.5) is 5.82 Å². The second-order valence-corrected chi connectivity index (χ2v) is 6.68. The smallest absolute Gasteiger partial charge is 0.180 e. The average Bonchev–Trinajstić information content (AvgIpc) is 3.12. The SMILES string of the molecule is NCc1ccc(-c2cn3ccnc3c(NC3CCC(O)CC3)n2)cc1. The van der Waals surface area contributed by atoms with Gasteiger partial charge in [-0.25, -0.2) is 9.97 Å². The molecule has 0 spiro atoms. The van der Waals surface area contributed by atoms with E-state index in [4.69, 9.17) is 10.7 Å². The zero-order valence-electron chi connectivity index (χ0n) is 14.1. The van der Waals surface area contributed by atoms with Crippen molar-refractivity contribution in [1.82, 2.24) is 14.4 Å². The minimum atomic E-state index is -0.162. The van der Waals surface area contributed by atoms with E-state index in [1.54, 1.807) is 6.20 Å². The Labute approximate surface area is 146 Å². The first-order valence-corrected chi connectivity index (χ1v) is 8.80. The third-order valence-electron chi connectivity index (χ3n) is 4.90. The number of anilines is 1. The van der Waals surface area contributed by atoms with E-state index in [0.717, 1.165) is 54.0 Å². The van der Waals surface area contributed by atoms with Crippen LogP contribution in [-0.4, -0.2) is 31.6 Å². The van der Waals surface area contributed by atoms with Gasteiger partial charge >= 0.3 is 0 Å². The molecule has 6 nitrogen and oxygen atoms in total. The van der Waals surface area contributed by atoms with Crippen molar-refractivity contribution in [2.45, 2.75) is 44.4 Å². The summed E-state index contributed by atoms with van der Waals surface area (Å²) in [7, 11) is 0. The van der Waals surface area contributed by atoms with Gasteiger partial charge < -0.3 is 20.6 Å². The Morgan fingerprint density at radius 1 is 1.16 bits per heavy atom. The molecule has 0 amide bonds. The van der Waals surface area contributed by atoms with Gasteiger partial charge in [-0.2, -0.15) is 0 Å². The van der Waals surface area contributed by atoms with Crippen molar-refractivity contribution in [1.29, 1.82) is 0 Å². The molecule has 6 heteroatoms. The Morgan fingerprint density at radius 3 is 2.64 bits per heavy atom. The Morgan fingerprint density at radius 2 is 1.92 bits per heavy atom. The number of imidazole rings is 1. The van der Waals surface area contributed by atoms with Crippen molar-refractivity contribution in [2.24, 2.45) is 5.73 Å². The summed E-state index contributed by atoms with van der Waals surface area (Å²) in [6, 6.07) is 8.49. The number of hydrogen-bond donors (Lipinski definition) is 3. The van der Waals surface area contributed by atoms with Gasteiger partial charge in [0.1, 0.15) is 0 Å². The maximum absolute atomic E-state index is 9.70. The van der Waals surface area contributed by atoms with E-state index in [0.29, 0.717) is 12.6 Å². The van der Waals surface area contributed by atoms with Crippen LogP contribution in [0.5, 0.6) is 0 Å². The first-order valence-electron chi connectivity index (χ1n) is 8.80. The number of rotatable bonds is 4. The second-order valence-electron chi connectivity index (χ2n) is 6.68. The number of hydrogen-bond acceptors (Lipinski definition) is 5. The summed E-state index contributed by atoms with van der Waals surface area (Å²) in [5.41, 5.74) is 9.56. The molecule has 0 aliphatic heterocycles. The van der Waals surface area contributed by atoms with Gasteiger partial charge in [0.2, 0.25) is 0 Å². The molecule has 1 fully saturated rings. The normalized spacial score (nSPS) is 20.7. The van der Waals surface area contributed by atoms with Gasteiger partial charge in [-0.05, 0) is 31.2 Å². The summed E-state index contributed by atoms with van der Waals surface area (Å²) in [6.45, 7) is 0.536. The highest BCUT2D eigenvalue weighted by Gasteiger charge is 2.21. The topological polar surface area (TPSA) is 88.5 Å². The molecule has 0 unspecified atom stereocenters. The van der Waals surface area contributed by atoms with E-state index in [1.807, 2.05) is 41.1 Å². The van der Waals surface area contributed by atoms with Crippen LogP contribution in [0.2, 0.25) is 0 Å². The molecule has 0 atom stereocenters. The second kappa shape index (κ2) is 6.82. The fourth-order valence-corrected chi connectivity index (χ4v) is 3.39. The van der Waals surface area contributed by atoms with Crippen LogP contribution in [0.25, 0.3) is 16.9 Å². The van der Waals surface area contributed by atoms with E-state index in [2.05, 4.69) is 10.3 Å². The lowest BCUT2D eigenvalue weighted by molar-refractivity contribution is 0.126. The van der Waals surface area contributed by atoms with Crippen molar-refractivity contribution in [3.63, 3.8) is 0 Å². The molecule has 4 rings (SSSR count). The van der Waals surface area contributed by atoms with Crippen molar-refractivity contribution >= 4 is 11.5 Å². The molecule has 4 N–H and O–H groups in total. The summed E-state index contributed by atoms with van der Waals surface area (Å²) in [6.07, 6.45) is 9.13. The maximum atomic E-state index is 9.70. The number of fused-ring (bicyclic) bond motifs is 1. The Balaban J connectivity index is 1.66. The zero-order chi connectivity index (χ0) is 17.2. The molecule has 1 aliphatic rings. The molecule has 1 aromatic carbocycles. The van der Waals surface area contributed by atoms with Gasteiger partial charge in [0.05, 0.1) is 11.8 Å². The first kappa shape index (κ1) is 16.1. The molecule has 25 heavy (non-hydrogen) atoms. The third-order valence-corrected chi connectivity index (χ3v) is 4.90. The van der Waals surface area contributed by atoms with Crippen molar-refractivity contribution in [3.8, 4) is 11.3 Å². The average molecular weight is 337 g/mol. The molecule has 0 bridgehead atoms. The molecular formula is C19H23N5O. The van der Waals surface area contributed by atoms with E-state index in [1.165, 1.54) is 0 Å².